The van der Waals surface area contributed by atoms with Crippen molar-refractivity contribution >= 4 is 11.9 Å². The molecule has 0 bridgehead atoms. The van der Waals surface area contributed by atoms with Crippen molar-refractivity contribution in [3.63, 3.8) is 0 Å². The fourth-order valence-corrected chi connectivity index (χ4v) is 2.75. The maximum absolute atomic E-state index is 12.2. The largest absolute Gasteiger partial charge is 0.469 e. The predicted octanol–water partition coefficient (Wildman–Crippen LogP) is 0.263. The van der Waals surface area contributed by atoms with Crippen LogP contribution in [0, 0.1) is 0 Å². The lowest BCUT2D eigenvalue weighted by Gasteiger charge is -2.34. The Balaban J connectivity index is 1.77. The monoisotopic (exact) mass is 284 g/mol. The van der Waals surface area contributed by atoms with Gasteiger partial charge in [0.05, 0.1) is 32.8 Å². The summed E-state index contributed by atoms with van der Waals surface area (Å²) >= 11 is 0. The number of hydrogen-bond acceptors (Lipinski definition) is 5. The van der Waals surface area contributed by atoms with Crippen LogP contribution >= 0.6 is 0 Å². The van der Waals surface area contributed by atoms with Gasteiger partial charge in [-0.1, -0.05) is 0 Å². The van der Waals surface area contributed by atoms with Gasteiger partial charge in [0.25, 0.3) is 0 Å². The van der Waals surface area contributed by atoms with Crippen molar-refractivity contribution in [1.29, 1.82) is 0 Å². The Bertz CT molecular complexity index is 342. The topological polar surface area (TPSA) is 59.1 Å². The first kappa shape index (κ1) is 15.3. The Morgan fingerprint density at radius 3 is 2.65 bits per heavy atom. The first-order chi connectivity index (χ1) is 9.69. The number of piperidine rings is 1. The van der Waals surface area contributed by atoms with Gasteiger partial charge in [0, 0.05) is 26.2 Å². The molecular formula is C14H24N2O4. The molecule has 0 aliphatic carbocycles. The zero-order valence-corrected chi connectivity index (χ0v) is 12.2. The predicted molar refractivity (Wildman–Crippen MR) is 73.2 cm³/mol. The zero-order chi connectivity index (χ0) is 14.4. The lowest BCUT2D eigenvalue weighted by Crippen LogP contribution is -2.49. The minimum Gasteiger partial charge on any atom is -0.469 e. The van der Waals surface area contributed by atoms with Crippen LogP contribution in [0.3, 0.4) is 0 Å². The molecule has 2 rings (SSSR count). The van der Waals surface area contributed by atoms with Crippen LogP contribution in [0.4, 0.5) is 0 Å². The molecule has 2 aliphatic rings. The Kier molecular flexibility index (Phi) is 5.79. The summed E-state index contributed by atoms with van der Waals surface area (Å²) in [6, 6.07) is 0. The Morgan fingerprint density at radius 1 is 1.20 bits per heavy atom. The van der Waals surface area contributed by atoms with Gasteiger partial charge >= 0.3 is 5.97 Å². The third kappa shape index (κ3) is 4.45. The summed E-state index contributed by atoms with van der Waals surface area (Å²) in [5.74, 6) is -0.0670. The number of amides is 1. The lowest BCUT2D eigenvalue weighted by atomic mass is 10.1. The minimum atomic E-state index is -0.265. The molecule has 0 saturated carbocycles. The summed E-state index contributed by atoms with van der Waals surface area (Å²) in [5.41, 5.74) is 0. The van der Waals surface area contributed by atoms with E-state index in [4.69, 9.17) is 4.74 Å². The number of nitrogens with zero attached hydrogens (tertiary/aromatic N) is 2. The highest BCUT2D eigenvalue weighted by molar-refractivity contribution is 5.78. The summed E-state index contributed by atoms with van der Waals surface area (Å²) < 4.78 is 10.2. The van der Waals surface area contributed by atoms with Gasteiger partial charge in [0.1, 0.15) is 0 Å². The maximum Gasteiger partial charge on any atom is 0.308 e. The van der Waals surface area contributed by atoms with Crippen LogP contribution in [0.15, 0.2) is 0 Å². The number of likely N-dealkylation sites (tertiary alicyclic amines) is 1. The van der Waals surface area contributed by atoms with Gasteiger partial charge in [-0.05, 0) is 19.3 Å². The van der Waals surface area contributed by atoms with E-state index in [1.807, 2.05) is 4.90 Å². The number of carbonyl (C=O) groups is 2. The number of carbonyl (C=O) groups excluding carboxylic acids is 2. The molecule has 20 heavy (non-hydrogen) atoms. The number of esters is 1. The molecule has 6 heteroatoms. The average Bonchev–Trinajstić information content (AvgIpc) is 2.48. The quantitative estimate of drug-likeness (QED) is 0.693. The summed E-state index contributed by atoms with van der Waals surface area (Å²) in [7, 11) is 1.38. The Labute approximate surface area is 120 Å². The number of hydrogen-bond donors (Lipinski definition) is 0. The average molecular weight is 284 g/mol. The fourth-order valence-electron chi connectivity index (χ4n) is 2.75. The second kappa shape index (κ2) is 7.59. The van der Waals surface area contributed by atoms with Crippen molar-refractivity contribution in [2.45, 2.75) is 31.8 Å². The van der Waals surface area contributed by atoms with Crippen LogP contribution < -0.4 is 0 Å². The van der Waals surface area contributed by atoms with E-state index in [0.29, 0.717) is 19.7 Å². The number of methoxy groups -OCH3 is 1. The summed E-state index contributed by atoms with van der Waals surface area (Å²) in [6.07, 6.45) is 3.54. The van der Waals surface area contributed by atoms with Crippen molar-refractivity contribution in [3.8, 4) is 0 Å². The van der Waals surface area contributed by atoms with E-state index in [0.717, 1.165) is 32.5 Å². The van der Waals surface area contributed by atoms with Crippen molar-refractivity contribution in [3.05, 3.63) is 0 Å². The van der Waals surface area contributed by atoms with Crippen LogP contribution in [-0.2, 0) is 19.1 Å². The van der Waals surface area contributed by atoms with Crippen LogP contribution in [0.1, 0.15) is 25.7 Å². The van der Waals surface area contributed by atoms with Crippen molar-refractivity contribution in [2.75, 3.05) is 46.4 Å². The standard InChI is InChI=1S/C14H24N2O4/c1-19-14(18)9-12-10-15(7-8-20-12)11-13(17)16-5-3-2-4-6-16/h12H,2-11H2,1H3. The molecule has 114 valence electrons. The normalized spacial score (nSPS) is 24.4. The maximum atomic E-state index is 12.2. The molecule has 2 fully saturated rings. The van der Waals surface area contributed by atoms with E-state index in [1.54, 1.807) is 0 Å². The van der Waals surface area contributed by atoms with E-state index in [9.17, 15) is 9.59 Å². The second-order valence-electron chi connectivity index (χ2n) is 5.45. The van der Waals surface area contributed by atoms with Gasteiger partial charge in [-0.2, -0.15) is 0 Å². The van der Waals surface area contributed by atoms with Gasteiger partial charge in [-0.15, -0.1) is 0 Å². The van der Waals surface area contributed by atoms with Crippen LogP contribution in [0.2, 0.25) is 0 Å². The molecule has 0 aromatic rings. The van der Waals surface area contributed by atoms with Gasteiger partial charge in [0.15, 0.2) is 0 Å². The second-order valence-corrected chi connectivity index (χ2v) is 5.45. The van der Waals surface area contributed by atoms with Gasteiger partial charge in [0.2, 0.25) is 5.91 Å². The molecule has 0 N–H and O–H groups in total. The highest BCUT2D eigenvalue weighted by atomic mass is 16.5. The van der Waals surface area contributed by atoms with Gasteiger partial charge < -0.3 is 14.4 Å². The van der Waals surface area contributed by atoms with E-state index in [2.05, 4.69) is 9.64 Å². The molecular weight excluding hydrogens is 260 g/mol. The zero-order valence-electron chi connectivity index (χ0n) is 12.2. The fraction of sp³-hybridized carbons (Fsp3) is 0.857. The molecule has 0 aromatic carbocycles. The molecule has 1 unspecified atom stereocenters. The molecule has 0 aromatic heterocycles. The third-order valence-electron chi connectivity index (χ3n) is 3.91. The molecule has 0 radical (unpaired) electrons. The molecule has 0 spiro atoms. The third-order valence-corrected chi connectivity index (χ3v) is 3.91. The smallest absolute Gasteiger partial charge is 0.308 e. The highest BCUT2D eigenvalue weighted by Gasteiger charge is 2.26. The molecule has 6 nitrogen and oxygen atoms in total. The Hall–Kier alpha value is -1.14. The molecule has 1 amide bonds. The van der Waals surface area contributed by atoms with Crippen molar-refractivity contribution in [2.24, 2.45) is 0 Å². The van der Waals surface area contributed by atoms with Crippen LogP contribution in [0.25, 0.3) is 0 Å². The van der Waals surface area contributed by atoms with E-state index in [1.165, 1.54) is 13.5 Å². The number of morpholine rings is 1. The number of ether oxygens (including phenoxy) is 2. The minimum absolute atomic E-state index is 0.162. The van der Waals surface area contributed by atoms with Crippen molar-refractivity contribution in [1.82, 2.24) is 9.80 Å². The van der Waals surface area contributed by atoms with Crippen molar-refractivity contribution < 1.29 is 19.1 Å². The van der Waals surface area contributed by atoms with E-state index in [-0.39, 0.29) is 24.4 Å². The van der Waals surface area contributed by atoms with Crippen LogP contribution in [0.5, 0.6) is 0 Å². The molecule has 2 aliphatic heterocycles. The summed E-state index contributed by atoms with van der Waals surface area (Å²) in [4.78, 5) is 27.5. The number of rotatable bonds is 4. The Morgan fingerprint density at radius 2 is 1.95 bits per heavy atom. The van der Waals surface area contributed by atoms with E-state index < -0.39 is 0 Å². The lowest BCUT2D eigenvalue weighted by molar-refractivity contribution is -0.146. The van der Waals surface area contributed by atoms with E-state index >= 15 is 0 Å². The molecule has 2 heterocycles. The SMILES string of the molecule is COC(=O)CC1CN(CC(=O)N2CCCCC2)CCO1. The van der Waals surface area contributed by atoms with Gasteiger partial charge in [-0.25, -0.2) is 0 Å². The first-order valence-electron chi connectivity index (χ1n) is 7.37. The first-order valence-corrected chi connectivity index (χ1v) is 7.37. The molecule has 1 atom stereocenters. The van der Waals surface area contributed by atoms with Crippen LogP contribution in [-0.4, -0.2) is 74.2 Å². The summed E-state index contributed by atoms with van der Waals surface area (Å²) in [5, 5.41) is 0. The molecule has 2 saturated heterocycles. The highest BCUT2D eigenvalue weighted by Crippen LogP contribution is 2.12. The summed E-state index contributed by atoms with van der Waals surface area (Å²) in [6.45, 7) is 4.13. The van der Waals surface area contributed by atoms with Gasteiger partial charge in [-0.3, -0.25) is 14.5 Å².